The van der Waals surface area contributed by atoms with Crippen LogP contribution in [0.4, 0.5) is 5.69 Å². The largest absolute Gasteiger partial charge is 0.462 e. The van der Waals surface area contributed by atoms with E-state index in [2.05, 4.69) is 16.0 Å². The van der Waals surface area contributed by atoms with Crippen molar-refractivity contribution in [1.29, 1.82) is 0 Å². The number of fused-ring (bicyclic) bond motifs is 1. The van der Waals surface area contributed by atoms with E-state index < -0.39 is 0 Å². The molecular weight excluding hydrogens is 316 g/mol. The molecule has 130 valence electrons. The number of carbonyl (C=O) groups is 1. The Morgan fingerprint density at radius 2 is 2.12 bits per heavy atom. The van der Waals surface area contributed by atoms with E-state index in [-0.39, 0.29) is 5.97 Å². The minimum absolute atomic E-state index is 0.327. The summed E-state index contributed by atoms with van der Waals surface area (Å²) in [5.74, 6) is 0.551. The van der Waals surface area contributed by atoms with E-state index in [4.69, 9.17) is 4.74 Å². The van der Waals surface area contributed by atoms with Crippen molar-refractivity contribution in [3.05, 3.63) is 53.7 Å². The zero-order chi connectivity index (χ0) is 18.0. The quantitative estimate of drug-likeness (QED) is 0.669. The first kappa shape index (κ1) is 17.0. The van der Waals surface area contributed by atoms with Gasteiger partial charge in [-0.2, -0.15) is 0 Å². The highest BCUT2D eigenvalue weighted by atomic mass is 16.5. The molecule has 0 radical (unpaired) electrons. The van der Waals surface area contributed by atoms with Gasteiger partial charge in [0.05, 0.1) is 24.4 Å². The highest BCUT2D eigenvalue weighted by Gasteiger charge is 2.20. The molecule has 0 aliphatic heterocycles. The number of hydrogen-bond donors (Lipinski definition) is 0. The number of pyridine rings is 1. The fourth-order valence-electron chi connectivity index (χ4n) is 2.90. The molecule has 0 atom stereocenters. The van der Waals surface area contributed by atoms with Crippen molar-refractivity contribution in [3.63, 3.8) is 0 Å². The molecule has 2 aromatic heterocycles. The summed E-state index contributed by atoms with van der Waals surface area (Å²) in [6.07, 6.45) is 5.27. The van der Waals surface area contributed by atoms with Crippen molar-refractivity contribution in [3.8, 4) is 0 Å². The number of ether oxygens (including phenoxy) is 1. The van der Waals surface area contributed by atoms with E-state index in [1.165, 1.54) is 0 Å². The van der Waals surface area contributed by atoms with E-state index in [0.717, 1.165) is 28.0 Å². The van der Waals surface area contributed by atoms with Crippen molar-refractivity contribution in [2.75, 3.05) is 18.6 Å². The summed E-state index contributed by atoms with van der Waals surface area (Å²) in [6, 6.07) is 6.04. The lowest BCUT2D eigenvalue weighted by molar-refractivity contribution is 0.0527. The molecule has 0 aliphatic carbocycles. The second-order valence-electron chi connectivity index (χ2n) is 6.07. The first-order valence-electron chi connectivity index (χ1n) is 8.25. The molecule has 25 heavy (non-hydrogen) atoms. The van der Waals surface area contributed by atoms with Crippen LogP contribution in [0.3, 0.4) is 0 Å². The summed E-state index contributed by atoms with van der Waals surface area (Å²) in [4.78, 5) is 23.3. The van der Waals surface area contributed by atoms with E-state index >= 15 is 0 Å². The zero-order valence-electron chi connectivity index (χ0n) is 15.0. The predicted molar refractivity (Wildman–Crippen MR) is 97.8 cm³/mol. The Morgan fingerprint density at radius 1 is 1.32 bits per heavy atom. The van der Waals surface area contributed by atoms with Gasteiger partial charge in [-0.3, -0.25) is 4.98 Å². The van der Waals surface area contributed by atoms with Gasteiger partial charge in [-0.1, -0.05) is 11.6 Å². The number of aromatic nitrogens is 3. The molecule has 0 amide bonds. The molecule has 0 saturated carbocycles. The predicted octanol–water partition coefficient (Wildman–Crippen LogP) is 3.09. The van der Waals surface area contributed by atoms with Gasteiger partial charge in [-0.05, 0) is 26.0 Å². The Labute approximate surface area is 147 Å². The van der Waals surface area contributed by atoms with Crippen molar-refractivity contribution in [2.45, 2.75) is 20.4 Å². The van der Waals surface area contributed by atoms with Crippen molar-refractivity contribution in [1.82, 2.24) is 14.5 Å². The van der Waals surface area contributed by atoms with Crippen LogP contribution in [0.5, 0.6) is 0 Å². The number of benzene rings is 1. The molecule has 6 nitrogen and oxygen atoms in total. The zero-order valence-corrected chi connectivity index (χ0v) is 15.0. The first-order valence-corrected chi connectivity index (χ1v) is 8.25. The lowest BCUT2D eigenvalue weighted by Crippen LogP contribution is -2.22. The average Bonchev–Trinajstić information content (AvgIpc) is 2.98. The Kier molecular flexibility index (Phi) is 4.70. The van der Waals surface area contributed by atoms with E-state index in [9.17, 15) is 4.79 Å². The second kappa shape index (κ2) is 6.93. The molecule has 3 rings (SSSR count). The number of imidazole rings is 1. The molecule has 0 fully saturated rings. The third kappa shape index (κ3) is 3.33. The van der Waals surface area contributed by atoms with Gasteiger partial charge in [0.15, 0.2) is 0 Å². The van der Waals surface area contributed by atoms with Crippen LogP contribution in [-0.4, -0.2) is 34.2 Å². The lowest BCUT2D eigenvalue weighted by atomic mass is 10.1. The Bertz CT molecular complexity index is 917. The standard InChI is InChI=1S/C19H22N4O2/c1-5-25-19(24)15-11-21-16-7-6-13(2)10-14(16)18(15)23(4)12-17-20-8-9-22(17)3/h6-11H,5,12H2,1-4H3. The minimum atomic E-state index is -0.361. The molecule has 0 bridgehead atoms. The SMILES string of the molecule is CCOC(=O)c1cnc2ccc(C)cc2c1N(C)Cc1nccn1C. The molecule has 6 heteroatoms. The first-order chi connectivity index (χ1) is 12.0. The Morgan fingerprint density at radius 3 is 2.80 bits per heavy atom. The van der Waals surface area contributed by atoms with Gasteiger partial charge in [-0.25, -0.2) is 9.78 Å². The van der Waals surface area contributed by atoms with Crippen molar-refractivity contribution < 1.29 is 9.53 Å². The van der Waals surface area contributed by atoms with E-state index in [1.54, 1.807) is 19.3 Å². The fourth-order valence-corrected chi connectivity index (χ4v) is 2.90. The average molecular weight is 338 g/mol. The topological polar surface area (TPSA) is 60.2 Å². The fraction of sp³-hybridized carbons (Fsp3) is 0.316. The minimum Gasteiger partial charge on any atom is -0.462 e. The van der Waals surface area contributed by atoms with Gasteiger partial charge in [0.2, 0.25) is 0 Å². The highest BCUT2D eigenvalue weighted by molar-refractivity contribution is 6.05. The van der Waals surface area contributed by atoms with Gasteiger partial charge in [0.25, 0.3) is 0 Å². The Hall–Kier alpha value is -2.89. The van der Waals surface area contributed by atoms with Crippen LogP contribution in [0.1, 0.15) is 28.7 Å². The van der Waals surface area contributed by atoms with Gasteiger partial charge in [-0.15, -0.1) is 0 Å². The number of hydrogen-bond acceptors (Lipinski definition) is 5. The summed E-state index contributed by atoms with van der Waals surface area (Å²) in [6.45, 7) is 4.73. The third-order valence-corrected chi connectivity index (χ3v) is 4.17. The molecule has 2 heterocycles. The normalized spacial score (nSPS) is 10.9. The van der Waals surface area contributed by atoms with E-state index in [0.29, 0.717) is 18.7 Å². The summed E-state index contributed by atoms with van der Waals surface area (Å²) in [5, 5.41) is 0.933. The monoisotopic (exact) mass is 338 g/mol. The maximum atomic E-state index is 12.5. The maximum absolute atomic E-state index is 12.5. The van der Waals surface area contributed by atoms with Crippen LogP contribution in [-0.2, 0) is 18.3 Å². The van der Waals surface area contributed by atoms with Gasteiger partial charge < -0.3 is 14.2 Å². The van der Waals surface area contributed by atoms with Gasteiger partial charge in [0, 0.05) is 38.1 Å². The smallest absolute Gasteiger partial charge is 0.341 e. The third-order valence-electron chi connectivity index (χ3n) is 4.17. The number of aryl methyl sites for hydroxylation is 2. The summed E-state index contributed by atoms with van der Waals surface area (Å²) in [7, 11) is 3.91. The molecule has 0 N–H and O–H groups in total. The molecule has 0 unspecified atom stereocenters. The van der Waals surface area contributed by atoms with Crippen LogP contribution in [0.2, 0.25) is 0 Å². The molecular formula is C19H22N4O2. The Balaban J connectivity index is 2.14. The summed E-state index contributed by atoms with van der Waals surface area (Å²) in [5.41, 5.74) is 3.24. The van der Waals surface area contributed by atoms with Crippen molar-refractivity contribution >= 4 is 22.6 Å². The van der Waals surface area contributed by atoms with Crippen LogP contribution in [0.25, 0.3) is 10.9 Å². The summed E-state index contributed by atoms with van der Waals surface area (Å²) >= 11 is 0. The lowest BCUT2D eigenvalue weighted by Gasteiger charge is -2.23. The highest BCUT2D eigenvalue weighted by Crippen LogP contribution is 2.31. The second-order valence-corrected chi connectivity index (χ2v) is 6.07. The van der Waals surface area contributed by atoms with Crippen LogP contribution < -0.4 is 4.90 Å². The van der Waals surface area contributed by atoms with Crippen LogP contribution in [0.15, 0.2) is 36.8 Å². The van der Waals surface area contributed by atoms with Crippen LogP contribution in [0, 0.1) is 6.92 Å². The maximum Gasteiger partial charge on any atom is 0.341 e. The number of esters is 1. The molecule has 0 saturated heterocycles. The van der Waals surface area contributed by atoms with Gasteiger partial charge >= 0.3 is 5.97 Å². The van der Waals surface area contributed by atoms with Gasteiger partial charge in [0.1, 0.15) is 11.4 Å². The van der Waals surface area contributed by atoms with Crippen LogP contribution >= 0.6 is 0 Å². The number of nitrogens with zero attached hydrogens (tertiary/aromatic N) is 4. The van der Waals surface area contributed by atoms with E-state index in [1.807, 2.05) is 48.8 Å². The summed E-state index contributed by atoms with van der Waals surface area (Å²) < 4.78 is 7.20. The number of rotatable bonds is 5. The number of carbonyl (C=O) groups excluding carboxylic acids is 1. The van der Waals surface area contributed by atoms with Crippen molar-refractivity contribution in [2.24, 2.45) is 7.05 Å². The number of anilines is 1. The molecule has 3 aromatic rings. The molecule has 1 aromatic carbocycles. The molecule has 0 aliphatic rings. The molecule has 0 spiro atoms.